The van der Waals surface area contributed by atoms with Gasteiger partial charge in [-0.25, -0.2) is 14.4 Å². The van der Waals surface area contributed by atoms with E-state index in [-0.39, 0.29) is 29.7 Å². The third-order valence-electron chi connectivity index (χ3n) is 7.40. The molecular formula is C30H32F2N6O4. The number of aryl methyl sites for hydroxylation is 1. The molecule has 0 spiro atoms. The number of aliphatic hydroxyl groups excluding tert-OH is 1. The van der Waals surface area contributed by atoms with Gasteiger partial charge in [-0.05, 0) is 68.5 Å². The number of fused-ring (bicyclic) bond motifs is 1. The zero-order valence-electron chi connectivity index (χ0n) is 23.4. The summed E-state index contributed by atoms with van der Waals surface area (Å²) < 4.78 is 36.2. The SMILES string of the molecule is CCOc1ccc(-c2cnc3c(Nc4ccc(C(=O)N5CCC(CNC(=O)CO)CC5)c(C)c4)nccn23)c(F)c1F. The highest BCUT2D eigenvalue weighted by atomic mass is 19.2. The zero-order chi connectivity index (χ0) is 29.8. The van der Waals surface area contributed by atoms with Crippen molar-refractivity contribution in [2.24, 2.45) is 5.92 Å². The highest BCUT2D eigenvalue weighted by Crippen LogP contribution is 2.32. The smallest absolute Gasteiger partial charge is 0.254 e. The van der Waals surface area contributed by atoms with Gasteiger partial charge in [0.15, 0.2) is 23.0 Å². The molecule has 12 heteroatoms. The number of rotatable bonds is 9. The number of aliphatic hydroxyl groups is 1. The highest BCUT2D eigenvalue weighted by molar-refractivity contribution is 5.96. The number of likely N-dealkylation sites (tertiary alicyclic amines) is 1. The van der Waals surface area contributed by atoms with Gasteiger partial charge in [-0.1, -0.05) is 0 Å². The van der Waals surface area contributed by atoms with Gasteiger partial charge in [0.1, 0.15) is 6.61 Å². The Morgan fingerprint density at radius 2 is 1.90 bits per heavy atom. The summed E-state index contributed by atoms with van der Waals surface area (Å²) >= 11 is 0. The van der Waals surface area contributed by atoms with Crippen LogP contribution >= 0.6 is 0 Å². The number of amides is 2. The molecule has 4 aromatic rings. The molecule has 0 unspecified atom stereocenters. The average molecular weight is 579 g/mol. The van der Waals surface area contributed by atoms with Crippen molar-refractivity contribution in [2.45, 2.75) is 26.7 Å². The van der Waals surface area contributed by atoms with Crippen LogP contribution in [0, 0.1) is 24.5 Å². The van der Waals surface area contributed by atoms with E-state index in [0.717, 1.165) is 18.4 Å². The van der Waals surface area contributed by atoms with Crippen molar-refractivity contribution >= 4 is 29.0 Å². The quantitative estimate of drug-likeness (QED) is 0.274. The Morgan fingerprint density at radius 1 is 1.12 bits per heavy atom. The molecule has 0 bridgehead atoms. The van der Waals surface area contributed by atoms with Gasteiger partial charge in [-0.2, -0.15) is 4.39 Å². The number of hydrogen-bond donors (Lipinski definition) is 3. The van der Waals surface area contributed by atoms with Crippen molar-refractivity contribution < 1.29 is 28.2 Å². The first-order chi connectivity index (χ1) is 20.3. The molecule has 3 N–H and O–H groups in total. The van der Waals surface area contributed by atoms with Crippen LogP contribution in [0.1, 0.15) is 35.7 Å². The van der Waals surface area contributed by atoms with Crippen molar-refractivity contribution in [3.63, 3.8) is 0 Å². The van der Waals surface area contributed by atoms with E-state index >= 15 is 0 Å². The molecule has 220 valence electrons. The van der Waals surface area contributed by atoms with Crippen LogP contribution < -0.4 is 15.4 Å². The van der Waals surface area contributed by atoms with Crippen molar-refractivity contribution in [3.8, 4) is 17.0 Å². The minimum Gasteiger partial charge on any atom is -0.491 e. The second kappa shape index (κ2) is 12.5. The number of anilines is 2. The van der Waals surface area contributed by atoms with E-state index in [1.807, 2.05) is 17.9 Å². The minimum atomic E-state index is -1.06. The van der Waals surface area contributed by atoms with Crippen LogP contribution in [0.3, 0.4) is 0 Å². The van der Waals surface area contributed by atoms with E-state index in [1.54, 1.807) is 29.7 Å². The second-order valence-corrected chi connectivity index (χ2v) is 10.1. The molecule has 3 heterocycles. The Kier molecular flexibility index (Phi) is 8.62. The summed E-state index contributed by atoms with van der Waals surface area (Å²) in [5.74, 6) is -2.01. The number of carbonyl (C=O) groups excluding carboxylic acids is 2. The molecule has 1 saturated heterocycles. The topological polar surface area (TPSA) is 121 Å². The number of nitrogens with one attached hydrogen (secondary N) is 2. The predicted molar refractivity (Wildman–Crippen MR) is 153 cm³/mol. The molecule has 2 amide bonds. The van der Waals surface area contributed by atoms with Crippen LogP contribution in [0.15, 0.2) is 48.9 Å². The molecule has 1 fully saturated rings. The predicted octanol–water partition coefficient (Wildman–Crippen LogP) is 4.09. The number of carbonyl (C=O) groups is 2. The van der Waals surface area contributed by atoms with Crippen LogP contribution in [0.2, 0.25) is 0 Å². The maximum atomic E-state index is 14.9. The molecule has 2 aromatic heterocycles. The van der Waals surface area contributed by atoms with E-state index in [2.05, 4.69) is 20.6 Å². The van der Waals surface area contributed by atoms with E-state index in [4.69, 9.17) is 9.84 Å². The van der Waals surface area contributed by atoms with E-state index < -0.39 is 24.1 Å². The molecule has 10 nitrogen and oxygen atoms in total. The number of halogens is 2. The van der Waals surface area contributed by atoms with Gasteiger partial charge in [-0.3, -0.25) is 14.0 Å². The van der Waals surface area contributed by atoms with Crippen molar-refractivity contribution in [1.82, 2.24) is 24.6 Å². The van der Waals surface area contributed by atoms with Gasteiger partial charge in [-0.15, -0.1) is 0 Å². The molecule has 2 aromatic carbocycles. The van der Waals surface area contributed by atoms with Gasteiger partial charge in [0.05, 0.1) is 18.5 Å². The Hall–Kier alpha value is -4.58. The lowest BCUT2D eigenvalue weighted by molar-refractivity contribution is -0.124. The molecule has 0 saturated carbocycles. The third-order valence-corrected chi connectivity index (χ3v) is 7.40. The molecular weight excluding hydrogens is 546 g/mol. The molecule has 0 radical (unpaired) electrons. The molecule has 5 rings (SSSR count). The normalized spacial score (nSPS) is 13.8. The molecule has 1 aliphatic rings. The van der Waals surface area contributed by atoms with Crippen molar-refractivity contribution in [3.05, 3.63) is 71.7 Å². The van der Waals surface area contributed by atoms with Gasteiger partial charge >= 0.3 is 0 Å². The fourth-order valence-electron chi connectivity index (χ4n) is 5.15. The fraction of sp³-hybridized carbons (Fsp3) is 0.333. The lowest BCUT2D eigenvalue weighted by Crippen LogP contribution is -2.42. The molecule has 1 aliphatic heterocycles. The second-order valence-electron chi connectivity index (χ2n) is 10.1. The lowest BCUT2D eigenvalue weighted by atomic mass is 9.95. The summed E-state index contributed by atoms with van der Waals surface area (Å²) in [6, 6.07) is 8.25. The monoisotopic (exact) mass is 578 g/mol. The minimum absolute atomic E-state index is 0.0401. The largest absolute Gasteiger partial charge is 0.491 e. The van der Waals surface area contributed by atoms with Crippen LogP contribution in [-0.4, -0.2) is 69.0 Å². The van der Waals surface area contributed by atoms with Crippen molar-refractivity contribution in [2.75, 3.05) is 38.2 Å². The van der Waals surface area contributed by atoms with E-state index in [9.17, 15) is 18.4 Å². The maximum absolute atomic E-state index is 14.9. The number of piperidine rings is 1. The van der Waals surface area contributed by atoms with Gasteiger partial charge in [0, 0.05) is 48.8 Å². The van der Waals surface area contributed by atoms with Gasteiger partial charge in [0.25, 0.3) is 5.91 Å². The molecule has 42 heavy (non-hydrogen) atoms. The molecule has 0 aliphatic carbocycles. The van der Waals surface area contributed by atoms with E-state index in [0.29, 0.717) is 48.0 Å². The summed E-state index contributed by atoms with van der Waals surface area (Å²) in [5, 5.41) is 14.8. The van der Waals surface area contributed by atoms with Crippen molar-refractivity contribution in [1.29, 1.82) is 0 Å². The number of ether oxygens (including phenoxy) is 1. The standard InChI is InChI=1S/C30H32F2N6O4/c1-3-42-24-7-6-22(26(31)27(24)32)23-16-35-29-28(33-10-13-38(23)29)36-20-4-5-21(18(2)14-20)30(41)37-11-8-19(9-12-37)15-34-25(40)17-39/h4-7,10,13-14,16,19,39H,3,8-9,11-12,15,17H2,1-2H3,(H,33,36)(H,34,40). The average Bonchev–Trinajstić information content (AvgIpc) is 3.43. The highest BCUT2D eigenvalue weighted by Gasteiger charge is 2.25. The number of aromatic nitrogens is 3. The van der Waals surface area contributed by atoms with Crippen LogP contribution in [0.4, 0.5) is 20.3 Å². The summed E-state index contributed by atoms with van der Waals surface area (Å²) in [7, 11) is 0. The number of imidazole rings is 1. The fourth-order valence-corrected chi connectivity index (χ4v) is 5.15. The summed E-state index contributed by atoms with van der Waals surface area (Å²) in [6.07, 6.45) is 6.15. The van der Waals surface area contributed by atoms with Crippen LogP contribution in [0.5, 0.6) is 5.75 Å². The number of benzene rings is 2. The lowest BCUT2D eigenvalue weighted by Gasteiger charge is -2.32. The maximum Gasteiger partial charge on any atom is 0.254 e. The zero-order valence-corrected chi connectivity index (χ0v) is 23.4. The summed E-state index contributed by atoms with van der Waals surface area (Å²) in [4.78, 5) is 35.2. The Labute approximate surface area is 241 Å². The first-order valence-corrected chi connectivity index (χ1v) is 13.8. The Morgan fingerprint density at radius 3 is 2.62 bits per heavy atom. The Balaban J connectivity index is 1.30. The van der Waals surface area contributed by atoms with Crippen LogP contribution in [0.25, 0.3) is 16.9 Å². The third kappa shape index (κ3) is 5.89. The Bertz CT molecular complexity index is 1620. The number of hydrogen-bond acceptors (Lipinski definition) is 7. The summed E-state index contributed by atoms with van der Waals surface area (Å²) in [6.45, 7) is 4.91. The summed E-state index contributed by atoms with van der Waals surface area (Å²) in [5.41, 5.74) is 2.87. The van der Waals surface area contributed by atoms with Gasteiger partial charge in [0.2, 0.25) is 11.7 Å². The van der Waals surface area contributed by atoms with E-state index in [1.165, 1.54) is 24.5 Å². The molecule has 0 atom stereocenters. The first-order valence-electron chi connectivity index (χ1n) is 13.8. The number of nitrogens with zero attached hydrogens (tertiary/aromatic N) is 4. The first kappa shape index (κ1) is 28.9. The van der Waals surface area contributed by atoms with Crippen LogP contribution in [-0.2, 0) is 4.79 Å². The van der Waals surface area contributed by atoms with Gasteiger partial charge < -0.3 is 25.4 Å².